The van der Waals surface area contributed by atoms with Crippen LogP contribution in [0.3, 0.4) is 0 Å². The van der Waals surface area contributed by atoms with Crippen molar-refractivity contribution in [1.82, 2.24) is 4.98 Å². The van der Waals surface area contributed by atoms with Crippen molar-refractivity contribution in [1.29, 1.82) is 0 Å². The number of aromatic nitrogens is 1. The van der Waals surface area contributed by atoms with Crippen molar-refractivity contribution in [2.75, 3.05) is 23.8 Å². The second-order valence-corrected chi connectivity index (χ2v) is 9.63. The number of rotatable bonds is 9. The van der Waals surface area contributed by atoms with Crippen molar-refractivity contribution in [3.05, 3.63) is 64.1 Å². The summed E-state index contributed by atoms with van der Waals surface area (Å²) in [6.07, 6.45) is 0.736. The lowest BCUT2D eigenvalue weighted by molar-refractivity contribution is -0.117. The third-order valence-electron chi connectivity index (χ3n) is 5.41. The molecule has 0 radical (unpaired) electrons. The predicted octanol–water partition coefficient (Wildman–Crippen LogP) is 4.25. The highest BCUT2D eigenvalue weighted by atomic mass is 32.2. The molecule has 3 aromatic rings. The van der Waals surface area contributed by atoms with Crippen LogP contribution in [0.25, 0.3) is 0 Å². The molecule has 3 rings (SSSR count). The van der Waals surface area contributed by atoms with E-state index in [-0.39, 0.29) is 11.6 Å². The van der Waals surface area contributed by atoms with Gasteiger partial charge in [-0.2, -0.15) is 8.42 Å². The molecule has 11 heteroatoms. The number of amides is 1. The topological polar surface area (TPSA) is 118 Å². The summed E-state index contributed by atoms with van der Waals surface area (Å²) in [5.74, 6) is 0.761. The molecule has 0 aliphatic rings. The fourth-order valence-electron chi connectivity index (χ4n) is 3.77. The first kappa shape index (κ1) is 25.5. The average molecular weight is 506 g/mol. The zero-order valence-electron chi connectivity index (χ0n) is 19.5. The van der Waals surface area contributed by atoms with Crippen LogP contribution in [0.4, 0.5) is 11.4 Å². The summed E-state index contributed by atoms with van der Waals surface area (Å²) in [6, 6.07) is 11.6. The van der Waals surface area contributed by atoms with Crippen molar-refractivity contribution < 1.29 is 27.2 Å². The van der Waals surface area contributed by atoms with Crippen LogP contribution in [0, 0.1) is 0 Å². The van der Waals surface area contributed by atoms with E-state index in [4.69, 9.17) is 19.0 Å². The average Bonchev–Trinajstić information content (AvgIpc) is 3.28. The molecule has 0 aliphatic carbocycles. The molecule has 1 atom stereocenters. The highest BCUT2D eigenvalue weighted by molar-refractivity contribution is 7.87. The highest BCUT2D eigenvalue weighted by Crippen LogP contribution is 2.43. The minimum absolute atomic E-state index is 0.183. The molecule has 1 heterocycles. The van der Waals surface area contributed by atoms with Gasteiger partial charge in [-0.25, -0.2) is 4.98 Å². The first-order valence-electron chi connectivity index (χ1n) is 10.4. The highest BCUT2D eigenvalue weighted by Gasteiger charge is 2.41. The second kappa shape index (κ2) is 10.00. The molecule has 0 aliphatic heterocycles. The molecule has 0 unspecified atom stereocenters. The molecule has 0 saturated carbocycles. The number of hydrogen-bond donors (Lipinski definition) is 2. The van der Waals surface area contributed by atoms with E-state index >= 15 is 0 Å². The SMILES string of the molecule is CCc1csc([C@](C)(c2ccc(NS(=O)(=O)O)cc2)N(C(C)=O)c2ccc(OC)c(OC)c2)n1. The van der Waals surface area contributed by atoms with Crippen LogP contribution < -0.4 is 19.1 Å². The van der Waals surface area contributed by atoms with E-state index in [9.17, 15) is 13.2 Å². The van der Waals surface area contributed by atoms with Gasteiger partial charge >= 0.3 is 10.3 Å². The Morgan fingerprint density at radius 2 is 1.79 bits per heavy atom. The number of methoxy groups -OCH3 is 2. The molecule has 0 bridgehead atoms. The minimum atomic E-state index is -4.42. The molecule has 1 amide bonds. The Morgan fingerprint density at radius 1 is 1.15 bits per heavy atom. The van der Waals surface area contributed by atoms with Crippen molar-refractivity contribution in [2.45, 2.75) is 32.7 Å². The monoisotopic (exact) mass is 505 g/mol. The van der Waals surface area contributed by atoms with E-state index in [1.54, 1.807) is 35.2 Å². The Kier molecular flexibility index (Phi) is 7.49. The fraction of sp³-hybridized carbons (Fsp3) is 0.304. The number of benzene rings is 2. The molecule has 0 saturated heterocycles. The number of ether oxygens (including phenoxy) is 2. The molecule has 0 spiro atoms. The summed E-state index contributed by atoms with van der Waals surface area (Å²) in [6.45, 7) is 5.36. The number of thiazole rings is 1. The number of nitrogens with zero attached hydrogens (tertiary/aromatic N) is 2. The lowest BCUT2D eigenvalue weighted by atomic mass is 9.89. The van der Waals surface area contributed by atoms with Crippen LogP contribution >= 0.6 is 11.3 Å². The number of carbonyl (C=O) groups excluding carboxylic acids is 1. The Bertz CT molecular complexity index is 1270. The number of anilines is 2. The van der Waals surface area contributed by atoms with Crippen LogP contribution in [0.15, 0.2) is 47.8 Å². The molecule has 182 valence electrons. The van der Waals surface area contributed by atoms with Gasteiger partial charge in [0, 0.05) is 24.1 Å². The summed E-state index contributed by atoms with van der Waals surface area (Å²) >= 11 is 1.44. The van der Waals surface area contributed by atoms with Gasteiger partial charge in [-0.3, -0.25) is 19.0 Å². The Hall–Kier alpha value is -3.15. The van der Waals surface area contributed by atoms with Gasteiger partial charge in [0.25, 0.3) is 0 Å². The Labute approximate surface area is 203 Å². The summed E-state index contributed by atoms with van der Waals surface area (Å²) in [5.41, 5.74) is 1.30. The molecule has 1 aromatic heterocycles. The van der Waals surface area contributed by atoms with Crippen molar-refractivity contribution in [3.63, 3.8) is 0 Å². The zero-order valence-corrected chi connectivity index (χ0v) is 21.2. The molecule has 34 heavy (non-hydrogen) atoms. The van der Waals surface area contributed by atoms with Crippen LogP contribution in [0.1, 0.15) is 37.0 Å². The van der Waals surface area contributed by atoms with Crippen LogP contribution in [-0.4, -0.2) is 38.1 Å². The maximum Gasteiger partial charge on any atom is 0.357 e. The van der Waals surface area contributed by atoms with Gasteiger partial charge < -0.3 is 9.47 Å². The third-order valence-corrected chi connectivity index (χ3v) is 7.01. The fourth-order valence-corrected chi connectivity index (χ4v) is 5.28. The molecule has 9 nitrogen and oxygen atoms in total. The summed E-state index contributed by atoms with van der Waals surface area (Å²) in [5, 5.41) is 2.64. The summed E-state index contributed by atoms with van der Waals surface area (Å²) in [4.78, 5) is 19.5. The summed E-state index contributed by atoms with van der Waals surface area (Å²) in [7, 11) is -1.36. The smallest absolute Gasteiger partial charge is 0.357 e. The first-order chi connectivity index (χ1) is 16.0. The van der Waals surface area contributed by atoms with E-state index in [2.05, 4.69) is 0 Å². The van der Waals surface area contributed by atoms with E-state index in [0.717, 1.165) is 12.1 Å². The molecular formula is C23H27N3O6S2. The van der Waals surface area contributed by atoms with Gasteiger partial charge in [0.15, 0.2) is 11.5 Å². The van der Waals surface area contributed by atoms with Gasteiger partial charge in [0.2, 0.25) is 5.91 Å². The van der Waals surface area contributed by atoms with Crippen molar-refractivity contribution in [3.8, 4) is 11.5 Å². The van der Waals surface area contributed by atoms with Gasteiger partial charge in [-0.15, -0.1) is 11.3 Å². The van der Waals surface area contributed by atoms with E-state index in [1.807, 2.05) is 23.9 Å². The zero-order chi connectivity index (χ0) is 25.1. The molecule has 2 aromatic carbocycles. The third kappa shape index (κ3) is 5.16. The molecule has 0 fully saturated rings. The predicted molar refractivity (Wildman–Crippen MR) is 132 cm³/mol. The van der Waals surface area contributed by atoms with E-state index in [1.165, 1.54) is 44.6 Å². The quantitative estimate of drug-likeness (QED) is 0.417. The van der Waals surface area contributed by atoms with E-state index in [0.29, 0.717) is 27.8 Å². The normalized spacial score (nSPS) is 13.1. The number of nitrogens with one attached hydrogen (secondary N) is 1. The van der Waals surface area contributed by atoms with Crippen LogP contribution in [0.5, 0.6) is 11.5 Å². The van der Waals surface area contributed by atoms with E-state index < -0.39 is 15.8 Å². The number of carbonyl (C=O) groups is 1. The first-order valence-corrected chi connectivity index (χ1v) is 12.7. The van der Waals surface area contributed by atoms with Crippen molar-refractivity contribution >= 4 is 38.9 Å². The number of aryl methyl sites for hydroxylation is 1. The van der Waals surface area contributed by atoms with Gasteiger partial charge in [-0.1, -0.05) is 19.1 Å². The van der Waals surface area contributed by atoms with Crippen LogP contribution in [0.2, 0.25) is 0 Å². The molecule has 2 N–H and O–H groups in total. The molecular weight excluding hydrogens is 478 g/mol. The lowest BCUT2D eigenvalue weighted by Gasteiger charge is -2.40. The maximum atomic E-state index is 13.1. The lowest BCUT2D eigenvalue weighted by Crippen LogP contribution is -2.48. The van der Waals surface area contributed by atoms with Gasteiger partial charge in [0.05, 0.1) is 25.6 Å². The van der Waals surface area contributed by atoms with Crippen LogP contribution in [-0.2, 0) is 27.1 Å². The minimum Gasteiger partial charge on any atom is -0.493 e. The largest absolute Gasteiger partial charge is 0.493 e. The number of hydrogen-bond acceptors (Lipinski definition) is 7. The maximum absolute atomic E-state index is 13.1. The Morgan fingerprint density at radius 3 is 2.29 bits per heavy atom. The second-order valence-electron chi connectivity index (χ2n) is 7.62. The van der Waals surface area contributed by atoms with Gasteiger partial charge in [0.1, 0.15) is 10.5 Å². The van der Waals surface area contributed by atoms with Crippen molar-refractivity contribution in [2.24, 2.45) is 0 Å². The Balaban J connectivity index is 2.22. The standard InChI is InChI=1S/C23H27N3O6S2/c1-6-17-14-33-22(24-17)23(3,16-7-9-18(10-8-16)25-34(28,29)30)26(15(2)27)19-11-12-20(31-4)21(13-19)32-5/h7-14,25H,6H2,1-5H3,(H,28,29,30)/t23-/m0/s1. The summed E-state index contributed by atoms with van der Waals surface area (Å²) < 4.78 is 44.3. The van der Waals surface area contributed by atoms with Gasteiger partial charge in [-0.05, 0) is 43.2 Å².